The van der Waals surface area contributed by atoms with Crippen LogP contribution in [-0.4, -0.2) is 17.9 Å². The number of hydrogen-bond acceptors (Lipinski definition) is 2. The first kappa shape index (κ1) is 13.7. The Kier molecular flexibility index (Phi) is 9.00. The van der Waals surface area contributed by atoms with Crippen molar-refractivity contribution in [2.24, 2.45) is 0 Å². The molecule has 0 aliphatic rings. The monoisotopic (exact) mass is 199 g/mol. The van der Waals surface area contributed by atoms with Crippen LogP contribution in [0.15, 0.2) is 12.2 Å². The van der Waals surface area contributed by atoms with Gasteiger partial charge in [0.25, 0.3) is 0 Å². The molecule has 0 bridgehead atoms. The minimum Gasteiger partial charge on any atom is -0.375 e. The number of aliphatic hydroxyl groups excluding tert-OH is 1. The zero-order valence-corrected chi connectivity index (χ0v) is 9.68. The summed E-state index contributed by atoms with van der Waals surface area (Å²) in [6.45, 7) is 8.63. The molecule has 0 aromatic heterocycles. The van der Waals surface area contributed by atoms with Crippen LogP contribution < -0.4 is 5.32 Å². The van der Waals surface area contributed by atoms with Gasteiger partial charge in [-0.25, -0.2) is 0 Å². The highest BCUT2D eigenvalue weighted by Crippen LogP contribution is 2.04. The summed E-state index contributed by atoms with van der Waals surface area (Å²) in [5.41, 5.74) is 0.788. The van der Waals surface area contributed by atoms with E-state index in [1.165, 1.54) is 32.1 Å². The molecule has 14 heavy (non-hydrogen) atoms. The van der Waals surface area contributed by atoms with Crippen molar-refractivity contribution in [2.45, 2.75) is 58.6 Å². The molecule has 0 radical (unpaired) electrons. The predicted molar refractivity (Wildman–Crippen MR) is 62.2 cm³/mol. The van der Waals surface area contributed by atoms with Crippen LogP contribution in [0.5, 0.6) is 0 Å². The van der Waals surface area contributed by atoms with Gasteiger partial charge >= 0.3 is 0 Å². The zero-order chi connectivity index (χ0) is 10.8. The molecule has 1 atom stereocenters. The molecule has 0 fully saturated rings. The molecule has 2 heteroatoms. The van der Waals surface area contributed by atoms with Crippen molar-refractivity contribution >= 4 is 0 Å². The van der Waals surface area contributed by atoms with Crippen molar-refractivity contribution in [1.29, 1.82) is 0 Å². The Bertz CT molecular complexity index is 145. The Hall–Kier alpha value is -0.340. The van der Waals surface area contributed by atoms with Crippen LogP contribution in [0.25, 0.3) is 0 Å². The van der Waals surface area contributed by atoms with Gasteiger partial charge in [-0.3, -0.25) is 5.32 Å². The highest BCUT2D eigenvalue weighted by Gasteiger charge is 2.01. The van der Waals surface area contributed by atoms with E-state index in [1.807, 2.05) is 6.92 Å². The van der Waals surface area contributed by atoms with Crippen LogP contribution >= 0.6 is 0 Å². The van der Waals surface area contributed by atoms with E-state index in [0.29, 0.717) is 0 Å². The number of unbranched alkanes of at least 4 members (excludes halogenated alkanes) is 5. The molecule has 0 saturated heterocycles. The molecule has 0 aliphatic heterocycles. The van der Waals surface area contributed by atoms with Gasteiger partial charge in [0.2, 0.25) is 0 Å². The van der Waals surface area contributed by atoms with Gasteiger partial charge in [-0.15, -0.1) is 0 Å². The van der Waals surface area contributed by atoms with Crippen LogP contribution in [0.2, 0.25) is 0 Å². The summed E-state index contributed by atoms with van der Waals surface area (Å²) in [7, 11) is 0. The lowest BCUT2D eigenvalue weighted by molar-refractivity contribution is 0.172. The van der Waals surface area contributed by atoms with E-state index < -0.39 is 6.23 Å². The number of aliphatic hydroxyl groups is 1. The van der Waals surface area contributed by atoms with Gasteiger partial charge < -0.3 is 5.11 Å². The Morgan fingerprint density at radius 1 is 1.21 bits per heavy atom. The van der Waals surface area contributed by atoms with Gasteiger partial charge in [0.1, 0.15) is 6.23 Å². The van der Waals surface area contributed by atoms with Crippen molar-refractivity contribution in [3.8, 4) is 0 Å². The van der Waals surface area contributed by atoms with Gasteiger partial charge in [0.15, 0.2) is 0 Å². The molecule has 0 spiro atoms. The number of hydrogen-bond donors (Lipinski definition) is 2. The summed E-state index contributed by atoms with van der Waals surface area (Å²) >= 11 is 0. The van der Waals surface area contributed by atoms with E-state index in [9.17, 15) is 5.11 Å². The molecule has 84 valence electrons. The van der Waals surface area contributed by atoms with Crippen LogP contribution in [0.3, 0.4) is 0 Å². The fourth-order valence-corrected chi connectivity index (χ4v) is 1.32. The molecular weight excluding hydrogens is 174 g/mol. The van der Waals surface area contributed by atoms with Crippen molar-refractivity contribution in [1.82, 2.24) is 5.32 Å². The lowest BCUT2D eigenvalue weighted by Gasteiger charge is -2.11. The normalized spacial score (nSPS) is 12.8. The first-order valence-corrected chi connectivity index (χ1v) is 5.75. The minimum atomic E-state index is -0.523. The summed E-state index contributed by atoms with van der Waals surface area (Å²) in [5, 5.41) is 12.4. The topological polar surface area (TPSA) is 32.3 Å². The standard InChI is InChI=1S/C12H25NO/c1-4-5-6-7-8-9-10-13-12(14)11(2)3/h12-14H,2,4-10H2,1,3H3. The van der Waals surface area contributed by atoms with Crippen LogP contribution in [-0.2, 0) is 0 Å². The van der Waals surface area contributed by atoms with Crippen molar-refractivity contribution in [3.05, 3.63) is 12.2 Å². The quantitative estimate of drug-likeness (QED) is 0.340. The molecule has 2 nitrogen and oxygen atoms in total. The Labute approximate surface area is 88.4 Å². The molecule has 0 amide bonds. The maximum Gasteiger partial charge on any atom is 0.126 e. The van der Waals surface area contributed by atoms with Crippen molar-refractivity contribution in [2.75, 3.05) is 6.54 Å². The van der Waals surface area contributed by atoms with E-state index in [2.05, 4.69) is 18.8 Å². The SMILES string of the molecule is C=C(C)C(O)NCCCCCCCC. The van der Waals surface area contributed by atoms with Gasteiger partial charge in [0, 0.05) is 0 Å². The van der Waals surface area contributed by atoms with Gasteiger partial charge in [-0.05, 0) is 25.5 Å². The molecular formula is C12H25NO. The average molecular weight is 199 g/mol. The summed E-state index contributed by atoms with van der Waals surface area (Å²) in [5.74, 6) is 0. The van der Waals surface area contributed by atoms with E-state index in [-0.39, 0.29) is 0 Å². The predicted octanol–water partition coefficient (Wildman–Crippen LogP) is 2.83. The van der Waals surface area contributed by atoms with Gasteiger partial charge in [-0.2, -0.15) is 0 Å². The fraction of sp³-hybridized carbons (Fsp3) is 0.833. The van der Waals surface area contributed by atoms with Crippen LogP contribution in [0.1, 0.15) is 52.4 Å². The fourth-order valence-electron chi connectivity index (χ4n) is 1.32. The first-order chi connectivity index (χ1) is 6.68. The summed E-state index contributed by atoms with van der Waals surface area (Å²) < 4.78 is 0. The lowest BCUT2D eigenvalue weighted by atomic mass is 10.1. The average Bonchev–Trinajstić information content (AvgIpc) is 2.16. The Morgan fingerprint density at radius 2 is 1.79 bits per heavy atom. The Morgan fingerprint density at radius 3 is 2.36 bits per heavy atom. The molecule has 0 aromatic rings. The second-order valence-corrected chi connectivity index (χ2v) is 3.97. The smallest absolute Gasteiger partial charge is 0.126 e. The third-order valence-corrected chi connectivity index (χ3v) is 2.33. The number of rotatable bonds is 9. The first-order valence-electron chi connectivity index (χ1n) is 5.75. The largest absolute Gasteiger partial charge is 0.375 e. The van der Waals surface area contributed by atoms with E-state index >= 15 is 0 Å². The van der Waals surface area contributed by atoms with Gasteiger partial charge in [-0.1, -0.05) is 45.6 Å². The molecule has 2 N–H and O–H groups in total. The summed E-state index contributed by atoms with van der Waals surface area (Å²) in [4.78, 5) is 0. The van der Waals surface area contributed by atoms with Crippen LogP contribution in [0.4, 0.5) is 0 Å². The van der Waals surface area contributed by atoms with E-state index in [4.69, 9.17) is 0 Å². The van der Waals surface area contributed by atoms with E-state index in [1.54, 1.807) is 0 Å². The molecule has 0 heterocycles. The summed E-state index contributed by atoms with van der Waals surface area (Å²) in [6.07, 6.45) is 7.20. The summed E-state index contributed by atoms with van der Waals surface area (Å²) in [6, 6.07) is 0. The maximum atomic E-state index is 9.36. The second kappa shape index (κ2) is 9.22. The third-order valence-electron chi connectivity index (χ3n) is 2.33. The maximum absolute atomic E-state index is 9.36. The molecule has 0 rings (SSSR count). The van der Waals surface area contributed by atoms with Gasteiger partial charge in [0.05, 0.1) is 0 Å². The highest BCUT2D eigenvalue weighted by atomic mass is 16.3. The van der Waals surface area contributed by atoms with Crippen LogP contribution in [0, 0.1) is 0 Å². The molecule has 0 aromatic carbocycles. The molecule has 1 unspecified atom stereocenters. The minimum absolute atomic E-state index is 0.523. The molecule has 0 aliphatic carbocycles. The van der Waals surface area contributed by atoms with Crippen molar-refractivity contribution in [3.63, 3.8) is 0 Å². The van der Waals surface area contributed by atoms with Crippen molar-refractivity contribution < 1.29 is 5.11 Å². The third kappa shape index (κ3) is 8.27. The zero-order valence-electron chi connectivity index (χ0n) is 9.68. The lowest BCUT2D eigenvalue weighted by Crippen LogP contribution is -2.30. The molecule has 0 saturated carbocycles. The van der Waals surface area contributed by atoms with E-state index in [0.717, 1.165) is 18.5 Å². The highest BCUT2D eigenvalue weighted by molar-refractivity contribution is 4.94. The second-order valence-electron chi connectivity index (χ2n) is 3.97. The Balaban J connectivity index is 3.09. The number of nitrogens with one attached hydrogen (secondary N) is 1.